The molecule has 0 radical (unpaired) electrons. The van der Waals surface area contributed by atoms with E-state index in [2.05, 4.69) is 0 Å². The van der Waals surface area contributed by atoms with E-state index in [1.807, 2.05) is 0 Å². The van der Waals surface area contributed by atoms with Crippen LogP contribution in [0.3, 0.4) is 0 Å². The van der Waals surface area contributed by atoms with Crippen LogP contribution in [0.5, 0.6) is 0 Å². The van der Waals surface area contributed by atoms with Crippen LogP contribution in [0.2, 0.25) is 5.02 Å². The molecule has 21 heavy (non-hydrogen) atoms. The maximum atomic E-state index is 13.8. The molecule has 2 aromatic carbocycles. The molecule has 1 aliphatic heterocycles. The van der Waals surface area contributed by atoms with Crippen molar-refractivity contribution in [1.29, 1.82) is 0 Å². The van der Waals surface area contributed by atoms with E-state index >= 15 is 0 Å². The lowest BCUT2D eigenvalue weighted by Crippen LogP contribution is -2.33. The Kier molecular flexibility index (Phi) is 3.35. The minimum Gasteiger partial charge on any atom is -0.284 e. The van der Waals surface area contributed by atoms with Gasteiger partial charge in [-0.05, 0) is 30.3 Å². The Hall–Kier alpha value is -2.40. The molecule has 1 fully saturated rings. The van der Waals surface area contributed by atoms with Crippen LogP contribution in [0.1, 0.15) is 0 Å². The number of urea groups is 1. The van der Waals surface area contributed by atoms with Gasteiger partial charge in [0.25, 0.3) is 5.91 Å². The molecular formula is C15H10ClFN2O2. The third-order valence-electron chi connectivity index (χ3n) is 3.18. The number of hydrogen-bond donors (Lipinski definition) is 0. The molecule has 0 spiro atoms. The Morgan fingerprint density at radius 1 is 1.05 bits per heavy atom. The molecule has 4 nitrogen and oxygen atoms in total. The summed E-state index contributed by atoms with van der Waals surface area (Å²) in [4.78, 5) is 26.6. The van der Waals surface area contributed by atoms with E-state index in [9.17, 15) is 14.0 Å². The molecule has 3 rings (SSSR count). The third-order valence-corrected chi connectivity index (χ3v) is 3.41. The molecule has 1 saturated heterocycles. The fourth-order valence-corrected chi connectivity index (χ4v) is 2.40. The van der Waals surface area contributed by atoms with Gasteiger partial charge in [-0.25, -0.2) is 14.1 Å². The summed E-state index contributed by atoms with van der Waals surface area (Å²) in [5.41, 5.74) is 0.455. The number of para-hydroxylation sites is 1. The highest BCUT2D eigenvalue weighted by Gasteiger charge is 2.39. The van der Waals surface area contributed by atoms with Crippen LogP contribution in [-0.2, 0) is 4.79 Å². The SMILES string of the molecule is O=C1CN(c2cccc(Cl)c2)C(=O)N1c1ccccc1F. The van der Waals surface area contributed by atoms with Crippen LogP contribution in [0.25, 0.3) is 0 Å². The Balaban J connectivity index is 1.98. The number of benzene rings is 2. The van der Waals surface area contributed by atoms with Crippen molar-refractivity contribution in [2.45, 2.75) is 0 Å². The second-order valence-electron chi connectivity index (χ2n) is 4.53. The third kappa shape index (κ3) is 2.36. The maximum absolute atomic E-state index is 13.8. The molecule has 0 aliphatic carbocycles. The minimum absolute atomic E-state index is 0.0444. The quantitative estimate of drug-likeness (QED) is 0.797. The summed E-state index contributed by atoms with van der Waals surface area (Å²) in [6.45, 7) is -0.145. The van der Waals surface area contributed by atoms with Crippen molar-refractivity contribution in [1.82, 2.24) is 0 Å². The smallest absolute Gasteiger partial charge is 0.284 e. The molecule has 3 amide bonds. The van der Waals surface area contributed by atoms with Gasteiger partial charge < -0.3 is 0 Å². The monoisotopic (exact) mass is 304 g/mol. The summed E-state index contributed by atoms with van der Waals surface area (Å²) in [7, 11) is 0. The van der Waals surface area contributed by atoms with E-state index in [1.165, 1.54) is 23.1 Å². The number of amides is 3. The zero-order valence-electron chi connectivity index (χ0n) is 10.8. The summed E-state index contributed by atoms with van der Waals surface area (Å²) >= 11 is 5.89. The largest absolute Gasteiger partial charge is 0.336 e. The molecule has 0 atom stereocenters. The zero-order chi connectivity index (χ0) is 15.0. The number of imide groups is 1. The first kappa shape index (κ1) is 13.6. The molecule has 2 aromatic rings. The van der Waals surface area contributed by atoms with Crippen LogP contribution in [0.15, 0.2) is 48.5 Å². The molecule has 1 heterocycles. The number of nitrogens with zero attached hydrogens (tertiary/aromatic N) is 2. The van der Waals surface area contributed by atoms with E-state index in [-0.39, 0.29) is 12.2 Å². The van der Waals surface area contributed by atoms with Crippen molar-refractivity contribution >= 4 is 34.9 Å². The highest BCUT2D eigenvalue weighted by Crippen LogP contribution is 2.28. The van der Waals surface area contributed by atoms with Gasteiger partial charge in [-0.15, -0.1) is 0 Å². The summed E-state index contributed by atoms with van der Waals surface area (Å²) in [6.07, 6.45) is 0. The second kappa shape index (κ2) is 5.18. The molecule has 106 valence electrons. The van der Waals surface area contributed by atoms with E-state index < -0.39 is 17.8 Å². The van der Waals surface area contributed by atoms with E-state index in [0.717, 1.165) is 4.90 Å². The molecule has 0 N–H and O–H groups in total. The summed E-state index contributed by atoms with van der Waals surface area (Å²) in [5.74, 6) is -1.10. The van der Waals surface area contributed by atoms with Gasteiger partial charge in [-0.1, -0.05) is 29.8 Å². The fraction of sp³-hybridized carbons (Fsp3) is 0.0667. The number of hydrogen-bond acceptors (Lipinski definition) is 2. The van der Waals surface area contributed by atoms with Crippen LogP contribution in [-0.4, -0.2) is 18.5 Å². The van der Waals surface area contributed by atoms with E-state index in [1.54, 1.807) is 30.3 Å². The summed E-state index contributed by atoms with van der Waals surface area (Å²) in [5, 5.41) is 0.456. The topological polar surface area (TPSA) is 40.6 Å². The van der Waals surface area contributed by atoms with Crippen molar-refractivity contribution in [2.75, 3.05) is 16.3 Å². The molecule has 0 unspecified atom stereocenters. The van der Waals surface area contributed by atoms with Crippen LogP contribution in [0, 0.1) is 5.82 Å². The highest BCUT2D eigenvalue weighted by molar-refractivity contribution is 6.31. The van der Waals surface area contributed by atoms with Gasteiger partial charge in [0.1, 0.15) is 12.4 Å². The minimum atomic E-state index is -0.618. The lowest BCUT2D eigenvalue weighted by atomic mass is 10.3. The van der Waals surface area contributed by atoms with Gasteiger partial charge >= 0.3 is 6.03 Å². The van der Waals surface area contributed by atoms with Crippen molar-refractivity contribution in [3.05, 3.63) is 59.4 Å². The number of rotatable bonds is 2. The van der Waals surface area contributed by atoms with Crippen molar-refractivity contribution in [2.24, 2.45) is 0 Å². The van der Waals surface area contributed by atoms with Crippen LogP contribution in [0.4, 0.5) is 20.6 Å². The summed E-state index contributed by atoms with van der Waals surface area (Å²) < 4.78 is 13.8. The van der Waals surface area contributed by atoms with Gasteiger partial charge in [0.2, 0.25) is 0 Å². The lowest BCUT2D eigenvalue weighted by Gasteiger charge is -2.17. The van der Waals surface area contributed by atoms with Gasteiger partial charge in [-0.2, -0.15) is 0 Å². The second-order valence-corrected chi connectivity index (χ2v) is 4.97. The Morgan fingerprint density at radius 3 is 2.52 bits per heavy atom. The number of halogens is 2. The van der Waals surface area contributed by atoms with Gasteiger partial charge in [0, 0.05) is 10.7 Å². The van der Waals surface area contributed by atoms with Gasteiger partial charge in [0.15, 0.2) is 0 Å². The summed E-state index contributed by atoms with van der Waals surface area (Å²) in [6, 6.07) is 11.7. The molecule has 0 saturated carbocycles. The molecule has 0 bridgehead atoms. The van der Waals surface area contributed by atoms with Crippen LogP contribution < -0.4 is 9.80 Å². The van der Waals surface area contributed by atoms with Gasteiger partial charge in [0.05, 0.1) is 5.69 Å². The number of anilines is 2. The molecular weight excluding hydrogens is 295 g/mol. The average Bonchev–Trinajstić information content (AvgIpc) is 2.75. The Morgan fingerprint density at radius 2 is 1.81 bits per heavy atom. The normalized spacial score (nSPS) is 15.0. The van der Waals surface area contributed by atoms with Crippen LogP contribution >= 0.6 is 11.6 Å². The van der Waals surface area contributed by atoms with E-state index in [0.29, 0.717) is 10.7 Å². The van der Waals surface area contributed by atoms with Crippen molar-refractivity contribution < 1.29 is 14.0 Å². The number of carbonyl (C=O) groups is 2. The first-order chi connectivity index (χ1) is 10.1. The van der Waals surface area contributed by atoms with Crippen molar-refractivity contribution in [3.8, 4) is 0 Å². The standard InChI is InChI=1S/C15H10ClFN2O2/c16-10-4-3-5-11(8-10)18-9-14(20)19(15(18)21)13-7-2-1-6-12(13)17/h1-8H,9H2. The van der Waals surface area contributed by atoms with Gasteiger partial charge in [-0.3, -0.25) is 9.69 Å². The van der Waals surface area contributed by atoms with E-state index in [4.69, 9.17) is 11.6 Å². The predicted molar refractivity (Wildman–Crippen MR) is 78.1 cm³/mol. The zero-order valence-corrected chi connectivity index (χ0v) is 11.5. The molecule has 1 aliphatic rings. The Bertz CT molecular complexity index is 735. The predicted octanol–water partition coefficient (Wildman–Crippen LogP) is 3.45. The van der Waals surface area contributed by atoms with Crippen molar-refractivity contribution in [3.63, 3.8) is 0 Å². The first-order valence-corrected chi connectivity index (χ1v) is 6.60. The molecule has 6 heteroatoms. The number of carbonyl (C=O) groups excluding carboxylic acids is 2. The Labute approximate surface area is 125 Å². The average molecular weight is 305 g/mol. The fourth-order valence-electron chi connectivity index (χ4n) is 2.22. The first-order valence-electron chi connectivity index (χ1n) is 6.22. The lowest BCUT2D eigenvalue weighted by molar-refractivity contribution is -0.115. The molecule has 0 aromatic heterocycles. The highest BCUT2D eigenvalue weighted by atomic mass is 35.5. The maximum Gasteiger partial charge on any atom is 0.336 e.